The fourth-order valence-electron chi connectivity index (χ4n) is 1.98. The minimum Gasteiger partial charge on any atom is -0.315 e. The Morgan fingerprint density at radius 3 is 2.63 bits per heavy atom. The van der Waals surface area contributed by atoms with E-state index in [4.69, 9.17) is 5.73 Å². The summed E-state index contributed by atoms with van der Waals surface area (Å²) in [6.07, 6.45) is 3.92. The Morgan fingerprint density at radius 2 is 2.05 bits per heavy atom. The van der Waals surface area contributed by atoms with Crippen molar-refractivity contribution in [3.63, 3.8) is 0 Å². The van der Waals surface area contributed by atoms with E-state index < -0.39 is 5.54 Å². The highest BCUT2D eigenvalue weighted by Gasteiger charge is 2.30. The summed E-state index contributed by atoms with van der Waals surface area (Å²) in [7, 11) is 0. The molecule has 1 unspecified atom stereocenters. The normalized spacial score (nSPS) is 14.1. The summed E-state index contributed by atoms with van der Waals surface area (Å²) in [5, 5.41) is 4.17. The summed E-state index contributed by atoms with van der Waals surface area (Å²) in [6, 6.07) is 9.46. The molecule has 1 atom stereocenters. The molecule has 0 amide bonds. The third kappa shape index (κ3) is 2.90. The maximum Gasteiger partial charge on any atom is 0.161 e. The molecule has 0 fully saturated rings. The molecule has 0 radical (unpaired) electrons. The van der Waals surface area contributed by atoms with Gasteiger partial charge in [0, 0.05) is 19.2 Å². The lowest BCUT2D eigenvalue weighted by molar-refractivity contribution is -0.123. The van der Waals surface area contributed by atoms with Crippen molar-refractivity contribution < 1.29 is 4.79 Å². The molecule has 4 nitrogen and oxygen atoms in total. The number of nitrogens with zero attached hydrogens (tertiary/aromatic N) is 2. The van der Waals surface area contributed by atoms with Crippen LogP contribution in [0.15, 0.2) is 42.7 Å². The summed E-state index contributed by atoms with van der Waals surface area (Å²) in [5.74, 6) is -0.00523. The number of carbonyl (C=O) groups excluding carboxylic acids is 1. The van der Waals surface area contributed by atoms with Crippen molar-refractivity contribution in [1.29, 1.82) is 0 Å². The molecule has 1 aromatic heterocycles. The Morgan fingerprint density at radius 1 is 1.37 bits per heavy atom. The Balaban J connectivity index is 2.15. The molecule has 1 aromatic carbocycles. The molecule has 0 aliphatic rings. The van der Waals surface area contributed by atoms with E-state index in [9.17, 15) is 4.79 Å². The third-order valence-corrected chi connectivity index (χ3v) is 3.33. The van der Waals surface area contributed by atoms with Crippen LogP contribution < -0.4 is 5.73 Å². The molecule has 0 bridgehead atoms. The van der Waals surface area contributed by atoms with Crippen LogP contribution in [0.2, 0.25) is 0 Å². The predicted molar refractivity (Wildman–Crippen MR) is 74.6 cm³/mol. The SMILES string of the molecule is CCn1cc(CC(=O)C(C)(N)c2ccccc2)cn1. The second-order valence-corrected chi connectivity index (χ2v) is 4.87. The number of Topliss-reactive ketones (excluding diaryl/α,β-unsaturated/α-hetero) is 1. The van der Waals surface area contributed by atoms with Gasteiger partial charge in [-0.05, 0) is 25.0 Å². The molecule has 2 aromatic rings. The van der Waals surface area contributed by atoms with Gasteiger partial charge >= 0.3 is 0 Å². The van der Waals surface area contributed by atoms with E-state index in [1.54, 1.807) is 17.8 Å². The quantitative estimate of drug-likeness (QED) is 0.889. The first kappa shape index (κ1) is 13.5. The summed E-state index contributed by atoms with van der Waals surface area (Å²) in [5.41, 5.74) is 6.97. The third-order valence-electron chi connectivity index (χ3n) is 3.33. The van der Waals surface area contributed by atoms with Crippen LogP contribution in [0.1, 0.15) is 25.0 Å². The minimum atomic E-state index is -0.963. The maximum atomic E-state index is 12.4. The van der Waals surface area contributed by atoms with Crippen LogP contribution in [0.4, 0.5) is 0 Å². The zero-order valence-electron chi connectivity index (χ0n) is 11.3. The average Bonchev–Trinajstić information content (AvgIpc) is 2.87. The first-order chi connectivity index (χ1) is 9.04. The first-order valence-electron chi connectivity index (χ1n) is 6.43. The number of ketones is 1. The molecule has 19 heavy (non-hydrogen) atoms. The number of rotatable bonds is 5. The van der Waals surface area contributed by atoms with Crippen LogP contribution in [0.3, 0.4) is 0 Å². The van der Waals surface area contributed by atoms with Gasteiger partial charge in [0.1, 0.15) is 0 Å². The molecule has 100 valence electrons. The van der Waals surface area contributed by atoms with Crippen molar-refractivity contribution in [3.05, 3.63) is 53.9 Å². The Bertz CT molecular complexity index is 558. The maximum absolute atomic E-state index is 12.4. The van der Waals surface area contributed by atoms with E-state index in [0.29, 0.717) is 6.42 Å². The summed E-state index contributed by atoms with van der Waals surface area (Å²) in [4.78, 5) is 12.4. The minimum absolute atomic E-state index is 0.00523. The Kier molecular flexibility index (Phi) is 3.81. The zero-order valence-corrected chi connectivity index (χ0v) is 11.3. The highest BCUT2D eigenvalue weighted by atomic mass is 16.1. The van der Waals surface area contributed by atoms with E-state index in [0.717, 1.165) is 17.7 Å². The van der Waals surface area contributed by atoms with Gasteiger partial charge in [0.25, 0.3) is 0 Å². The van der Waals surface area contributed by atoms with Gasteiger partial charge in [0.2, 0.25) is 0 Å². The molecule has 0 saturated carbocycles. The summed E-state index contributed by atoms with van der Waals surface area (Å²) < 4.78 is 1.80. The van der Waals surface area contributed by atoms with Gasteiger partial charge < -0.3 is 5.73 Å². The van der Waals surface area contributed by atoms with Crippen molar-refractivity contribution >= 4 is 5.78 Å². The zero-order chi connectivity index (χ0) is 13.9. The van der Waals surface area contributed by atoms with Gasteiger partial charge in [-0.1, -0.05) is 30.3 Å². The number of nitrogens with two attached hydrogens (primary N) is 1. The molecule has 0 saturated heterocycles. The van der Waals surface area contributed by atoms with E-state index in [2.05, 4.69) is 5.10 Å². The van der Waals surface area contributed by atoms with Gasteiger partial charge in [-0.3, -0.25) is 9.48 Å². The van der Waals surface area contributed by atoms with E-state index in [-0.39, 0.29) is 5.78 Å². The summed E-state index contributed by atoms with van der Waals surface area (Å²) >= 11 is 0. The Hall–Kier alpha value is -1.94. The molecule has 4 heteroatoms. The Labute approximate surface area is 113 Å². The van der Waals surface area contributed by atoms with Crippen molar-refractivity contribution in [2.45, 2.75) is 32.4 Å². The summed E-state index contributed by atoms with van der Waals surface area (Å²) in [6.45, 7) is 4.57. The van der Waals surface area contributed by atoms with Gasteiger partial charge in [0.15, 0.2) is 5.78 Å². The van der Waals surface area contributed by atoms with Crippen LogP contribution in [-0.2, 0) is 23.3 Å². The number of benzene rings is 1. The predicted octanol–water partition coefficient (Wildman–Crippen LogP) is 1.89. The fraction of sp³-hybridized carbons (Fsp3) is 0.333. The number of aryl methyl sites for hydroxylation is 1. The van der Waals surface area contributed by atoms with Crippen molar-refractivity contribution in [2.75, 3.05) is 0 Å². The fourth-order valence-corrected chi connectivity index (χ4v) is 1.98. The van der Waals surface area contributed by atoms with Crippen LogP contribution in [0.25, 0.3) is 0 Å². The molecular formula is C15H19N3O. The largest absolute Gasteiger partial charge is 0.315 e. The molecule has 2 rings (SSSR count). The van der Waals surface area contributed by atoms with Gasteiger partial charge in [-0.2, -0.15) is 5.10 Å². The lowest BCUT2D eigenvalue weighted by atomic mass is 9.86. The van der Waals surface area contributed by atoms with Crippen molar-refractivity contribution in [3.8, 4) is 0 Å². The number of aromatic nitrogens is 2. The van der Waals surface area contributed by atoms with Crippen LogP contribution in [-0.4, -0.2) is 15.6 Å². The molecular weight excluding hydrogens is 238 g/mol. The van der Waals surface area contributed by atoms with Gasteiger partial charge in [0.05, 0.1) is 11.7 Å². The van der Waals surface area contributed by atoms with Gasteiger partial charge in [-0.15, -0.1) is 0 Å². The average molecular weight is 257 g/mol. The number of hydrogen-bond donors (Lipinski definition) is 1. The van der Waals surface area contributed by atoms with Gasteiger partial charge in [-0.25, -0.2) is 0 Å². The smallest absolute Gasteiger partial charge is 0.161 e. The lowest BCUT2D eigenvalue weighted by Gasteiger charge is -2.23. The van der Waals surface area contributed by atoms with E-state index in [1.165, 1.54) is 0 Å². The lowest BCUT2D eigenvalue weighted by Crippen LogP contribution is -2.42. The van der Waals surface area contributed by atoms with Crippen LogP contribution >= 0.6 is 0 Å². The molecule has 0 aliphatic carbocycles. The standard InChI is InChI=1S/C15H19N3O/c1-3-18-11-12(10-17-18)9-14(19)15(2,16)13-7-5-4-6-8-13/h4-8,10-11H,3,9,16H2,1-2H3. The van der Waals surface area contributed by atoms with Crippen LogP contribution in [0, 0.1) is 0 Å². The molecule has 0 aliphatic heterocycles. The van der Waals surface area contributed by atoms with Crippen molar-refractivity contribution in [1.82, 2.24) is 9.78 Å². The molecule has 0 spiro atoms. The van der Waals surface area contributed by atoms with E-state index >= 15 is 0 Å². The van der Waals surface area contributed by atoms with Crippen molar-refractivity contribution in [2.24, 2.45) is 5.73 Å². The van der Waals surface area contributed by atoms with Crippen LogP contribution in [0.5, 0.6) is 0 Å². The monoisotopic (exact) mass is 257 g/mol. The highest BCUT2D eigenvalue weighted by Crippen LogP contribution is 2.20. The number of hydrogen-bond acceptors (Lipinski definition) is 3. The second kappa shape index (κ2) is 5.36. The first-order valence-corrected chi connectivity index (χ1v) is 6.43. The number of carbonyl (C=O) groups is 1. The molecule has 2 N–H and O–H groups in total. The highest BCUT2D eigenvalue weighted by molar-refractivity contribution is 5.90. The second-order valence-electron chi connectivity index (χ2n) is 4.87. The van der Waals surface area contributed by atoms with E-state index in [1.807, 2.05) is 43.5 Å². The topological polar surface area (TPSA) is 60.9 Å². The molecule has 1 heterocycles.